The maximum atomic E-state index is 12.8. The highest BCUT2D eigenvalue weighted by Crippen LogP contribution is 2.25. The fourth-order valence-corrected chi connectivity index (χ4v) is 4.89. The van der Waals surface area contributed by atoms with Crippen LogP contribution in [0, 0.1) is 0 Å². The Morgan fingerprint density at radius 3 is 2.62 bits per heavy atom. The first kappa shape index (κ1) is 21.1. The van der Waals surface area contributed by atoms with Gasteiger partial charge in [0.1, 0.15) is 5.76 Å². The smallest absolute Gasteiger partial charge is 0.338 e. The lowest BCUT2D eigenvalue weighted by atomic mass is 10.1. The van der Waals surface area contributed by atoms with Crippen molar-refractivity contribution in [3.63, 3.8) is 0 Å². The summed E-state index contributed by atoms with van der Waals surface area (Å²) in [4.78, 5) is 24.0. The molecule has 0 saturated carbocycles. The number of ether oxygens (including phenoxy) is 1. The van der Waals surface area contributed by atoms with Gasteiger partial charge in [-0.15, -0.1) is 0 Å². The largest absolute Gasteiger partial charge is 0.467 e. The molecule has 29 heavy (non-hydrogen) atoms. The van der Waals surface area contributed by atoms with E-state index in [1.165, 1.54) is 34.8 Å². The molecular weight excluding hydrogens is 396 g/mol. The summed E-state index contributed by atoms with van der Waals surface area (Å²) in [6.45, 7) is 2.16. The van der Waals surface area contributed by atoms with Gasteiger partial charge in [-0.25, -0.2) is 13.2 Å². The number of esters is 1. The first-order valence-electron chi connectivity index (χ1n) is 9.46. The van der Waals surface area contributed by atoms with Crippen LogP contribution in [0.15, 0.2) is 52.0 Å². The topological polar surface area (TPSA) is 106 Å². The van der Waals surface area contributed by atoms with Crippen molar-refractivity contribution in [1.82, 2.24) is 9.62 Å². The molecular formula is C20H24N2O6S. The molecule has 1 aliphatic rings. The molecule has 156 valence electrons. The summed E-state index contributed by atoms with van der Waals surface area (Å²) < 4.78 is 37.2. The molecule has 1 N–H and O–H groups in total. The lowest BCUT2D eigenvalue weighted by molar-refractivity contribution is -0.124. The molecule has 2 heterocycles. The minimum Gasteiger partial charge on any atom is -0.467 e. The molecule has 0 spiro atoms. The number of sulfonamides is 1. The second kappa shape index (κ2) is 9.23. The van der Waals surface area contributed by atoms with Gasteiger partial charge in [-0.3, -0.25) is 4.79 Å². The van der Waals surface area contributed by atoms with Crippen LogP contribution in [0.4, 0.5) is 0 Å². The summed E-state index contributed by atoms with van der Waals surface area (Å²) in [5.41, 5.74) is 0.175. The number of nitrogens with one attached hydrogen (secondary N) is 1. The Labute approximate surface area is 169 Å². The molecule has 0 unspecified atom stereocenters. The van der Waals surface area contributed by atoms with Gasteiger partial charge >= 0.3 is 5.97 Å². The van der Waals surface area contributed by atoms with Gasteiger partial charge in [-0.2, -0.15) is 4.31 Å². The van der Waals surface area contributed by atoms with Crippen LogP contribution in [-0.2, 0) is 26.1 Å². The zero-order chi connectivity index (χ0) is 20.9. The van der Waals surface area contributed by atoms with Crippen molar-refractivity contribution in [3.8, 4) is 0 Å². The third kappa shape index (κ3) is 5.24. The Kier molecular flexibility index (Phi) is 6.71. The van der Waals surface area contributed by atoms with Crippen LogP contribution < -0.4 is 5.32 Å². The number of furan rings is 1. The van der Waals surface area contributed by atoms with E-state index in [1.54, 1.807) is 12.1 Å². The van der Waals surface area contributed by atoms with Crippen molar-refractivity contribution in [2.24, 2.45) is 0 Å². The lowest BCUT2D eigenvalue weighted by Gasteiger charge is -2.32. The van der Waals surface area contributed by atoms with Crippen molar-refractivity contribution in [2.75, 3.05) is 13.2 Å². The molecule has 0 aliphatic carbocycles. The predicted octanol–water partition coefficient (Wildman–Crippen LogP) is 2.32. The molecule has 0 bridgehead atoms. The van der Waals surface area contributed by atoms with E-state index in [1.807, 2.05) is 6.92 Å². The lowest BCUT2D eigenvalue weighted by Crippen LogP contribution is -2.41. The van der Waals surface area contributed by atoms with Crippen molar-refractivity contribution in [2.45, 2.75) is 43.7 Å². The zero-order valence-corrected chi connectivity index (χ0v) is 17.0. The molecule has 2 aromatic rings. The molecule has 1 saturated heterocycles. The molecule has 1 fully saturated rings. The summed E-state index contributed by atoms with van der Waals surface area (Å²) in [6.07, 6.45) is 4.20. The number of rotatable bonds is 7. The van der Waals surface area contributed by atoms with Gasteiger partial charge in [-0.1, -0.05) is 6.42 Å². The first-order valence-corrected chi connectivity index (χ1v) is 10.9. The van der Waals surface area contributed by atoms with E-state index in [9.17, 15) is 18.0 Å². The van der Waals surface area contributed by atoms with Crippen molar-refractivity contribution in [3.05, 3.63) is 54.0 Å². The summed E-state index contributed by atoms with van der Waals surface area (Å²) in [7, 11) is -3.60. The minimum absolute atomic E-state index is 0.0434. The third-order valence-electron chi connectivity index (χ3n) is 4.81. The average molecular weight is 420 g/mol. The van der Waals surface area contributed by atoms with Gasteiger partial charge in [0.25, 0.3) is 5.91 Å². The molecule has 9 heteroatoms. The molecule has 3 rings (SSSR count). The Bertz CT molecular complexity index is 938. The van der Waals surface area contributed by atoms with E-state index >= 15 is 0 Å². The number of benzene rings is 1. The minimum atomic E-state index is -3.60. The average Bonchev–Trinajstić information content (AvgIpc) is 3.24. The number of nitrogens with zero attached hydrogens (tertiary/aromatic N) is 1. The first-order chi connectivity index (χ1) is 13.9. The number of hydrogen-bond donors (Lipinski definition) is 1. The van der Waals surface area contributed by atoms with Crippen LogP contribution in [0.3, 0.4) is 0 Å². The SMILES string of the molecule is C[C@@H]1CCCCN1S(=O)(=O)c1ccc(C(=O)OCC(=O)NCc2ccco2)cc1. The van der Waals surface area contributed by atoms with Crippen LogP contribution in [0.5, 0.6) is 0 Å². The quantitative estimate of drug-likeness (QED) is 0.689. The number of piperidine rings is 1. The molecule has 0 radical (unpaired) electrons. The molecule has 1 aromatic carbocycles. The Morgan fingerprint density at radius 1 is 1.21 bits per heavy atom. The Hall–Kier alpha value is -2.65. The molecule has 1 atom stereocenters. The zero-order valence-electron chi connectivity index (χ0n) is 16.2. The second-order valence-electron chi connectivity index (χ2n) is 6.92. The number of hydrogen-bond acceptors (Lipinski definition) is 6. The van der Waals surface area contributed by atoms with E-state index in [0.29, 0.717) is 12.3 Å². The standard InChI is InChI=1S/C20H24N2O6S/c1-15-5-2-3-11-22(15)29(25,26)18-9-7-16(8-10-18)20(24)28-14-19(23)21-13-17-6-4-12-27-17/h4,6-10,12,15H,2-3,5,11,13-14H2,1H3,(H,21,23)/t15-/m1/s1. The van der Waals surface area contributed by atoms with Gasteiger partial charge in [0.2, 0.25) is 10.0 Å². The highest BCUT2D eigenvalue weighted by molar-refractivity contribution is 7.89. The molecule has 1 amide bonds. The normalized spacial score (nSPS) is 17.6. The summed E-state index contributed by atoms with van der Waals surface area (Å²) in [5.74, 6) is -0.578. The van der Waals surface area contributed by atoms with E-state index in [0.717, 1.165) is 19.3 Å². The summed E-state index contributed by atoms with van der Waals surface area (Å²) >= 11 is 0. The number of amides is 1. The van der Waals surface area contributed by atoms with Gasteiger partial charge in [0.15, 0.2) is 6.61 Å². The van der Waals surface area contributed by atoms with E-state index in [-0.39, 0.29) is 23.0 Å². The summed E-state index contributed by atoms with van der Waals surface area (Å²) in [6, 6.07) is 8.95. The molecule has 8 nitrogen and oxygen atoms in total. The molecule has 1 aromatic heterocycles. The highest BCUT2D eigenvalue weighted by atomic mass is 32.2. The highest BCUT2D eigenvalue weighted by Gasteiger charge is 2.31. The van der Waals surface area contributed by atoms with Crippen LogP contribution in [0.25, 0.3) is 0 Å². The second-order valence-corrected chi connectivity index (χ2v) is 8.81. The van der Waals surface area contributed by atoms with Crippen molar-refractivity contribution in [1.29, 1.82) is 0 Å². The predicted molar refractivity (Wildman–Crippen MR) is 104 cm³/mol. The molecule has 1 aliphatic heterocycles. The van der Waals surface area contributed by atoms with Crippen LogP contribution in [0.1, 0.15) is 42.3 Å². The van der Waals surface area contributed by atoms with Crippen LogP contribution in [-0.4, -0.2) is 43.8 Å². The van der Waals surface area contributed by atoms with Crippen LogP contribution >= 0.6 is 0 Å². The van der Waals surface area contributed by atoms with Gasteiger partial charge in [-0.05, 0) is 56.2 Å². The number of carbonyl (C=O) groups excluding carboxylic acids is 2. The maximum Gasteiger partial charge on any atom is 0.338 e. The van der Waals surface area contributed by atoms with Crippen molar-refractivity contribution >= 4 is 21.9 Å². The van der Waals surface area contributed by atoms with Crippen molar-refractivity contribution < 1.29 is 27.2 Å². The van der Waals surface area contributed by atoms with Gasteiger partial charge in [0, 0.05) is 12.6 Å². The monoisotopic (exact) mass is 420 g/mol. The number of carbonyl (C=O) groups is 2. The van der Waals surface area contributed by atoms with E-state index < -0.39 is 28.5 Å². The third-order valence-corrected chi connectivity index (χ3v) is 6.84. The fourth-order valence-electron chi connectivity index (χ4n) is 3.19. The maximum absolute atomic E-state index is 12.8. The van der Waals surface area contributed by atoms with E-state index in [4.69, 9.17) is 9.15 Å². The van der Waals surface area contributed by atoms with E-state index in [2.05, 4.69) is 5.32 Å². The van der Waals surface area contributed by atoms with Gasteiger partial charge in [0.05, 0.1) is 23.3 Å². The summed E-state index contributed by atoms with van der Waals surface area (Å²) in [5, 5.41) is 2.57. The fraction of sp³-hybridized carbons (Fsp3) is 0.400. The van der Waals surface area contributed by atoms with Gasteiger partial charge < -0.3 is 14.5 Å². The van der Waals surface area contributed by atoms with Crippen LogP contribution in [0.2, 0.25) is 0 Å². The Balaban J connectivity index is 1.55. The Morgan fingerprint density at radius 2 is 1.97 bits per heavy atom.